The topological polar surface area (TPSA) is 61.8 Å². The Labute approximate surface area is 126 Å². The quantitative estimate of drug-likeness (QED) is 0.732. The van der Waals surface area contributed by atoms with Gasteiger partial charge in [-0.05, 0) is 32.0 Å². The molecule has 1 aromatic carbocycles. The molecule has 1 unspecified atom stereocenters. The summed E-state index contributed by atoms with van der Waals surface area (Å²) >= 11 is 0. The maximum Gasteiger partial charge on any atom is 0.323 e. The molecular formula is C16H26N2O3. The van der Waals surface area contributed by atoms with Gasteiger partial charge in [-0.1, -0.05) is 13.0 Å². The summed E-state index contributed by atoms with van der Waals surface area (Å²) < 4.78 is 5.69. The molecule has 0 saturated heterocycles. The SMILES string of the molecule is CCCNC(C)(CCOc1cccc(N(C)C)c1)C(=O)O. The zero-order valence-electron chi connectivity index (χ0n) is 13.3. The third-order valence-corrected chi connectivity index (χ3v) is 3.44. The van der Waals surface area contributed by atoms with Gasteiger partial charge in [0.2, 0.25) is 0 Å². The molecule has 0 spiro atoms. The molecule has 0 aromatic heterocycles. The molecular weight excluding hydrogens is 268 g/mol. The first-order chi connectivity index (χ1) is 9.89. The third kappa shape index (κ3) is 5.27. The minimum absolute atomic E-state index is 0.358. The van der Waals surface area contributed by atoms with Crippen molar-refractivity contribution >= 4 is 11.7 Å². The Morgan fingerprint density at radius 3 is 2.71 bits per heavy atom. The number of hydrogen-bond acceptors (Lipinski definition) is 4. The van der Waals surface area contributed by atoms with Gasteiger partial charge in [0.05, 0.1) is 6.61 Å². The Hall–Kier alpha value is -1.75. The lowest BCUT2D eigenvalue weighted by Gasteiger charge is -2.26. The molecule has 0 saturated carbocycles. The van der Waals surface area contributed by atoms with Crippen molar-refractivity contribution in [1.29, 1.82) is 0 Å². The zero-order valence-corrected chi connectivity index (χ0v) is 13.3. The highest BCUT2D eigenvalue weighted by Crippen LogP contribution is 2.20. The lowest BCUT2D eigenvalue weighted by atomic mass is 9.98. The Balaban J connectivity index is 2.58. The summed E-state index contributed by atoms with van der Waals surface area (Å²) in [6.07, 6.45) is 1.31. The monoisotopic (exact) mass is 294 g/mol. The van der Waals surface area contributed by atoms with Crippen LogP contribution in [-0.4, -0.2) is 43.9 Å². The molecule has 0 aliphatic rings. The van der Waals surface area contributed by atoms with Crippen LogP contribution in [0.5, 0.6) is 5.75 Å². The van der Waals surface area contributed by atoms with E-state index >= 15 is 0 Å². The van der Waals surface area contributed by atoms with Crippen LogP contribution in [0.2, 0.25) is 0 Å². The van der Waals surface area contributed by atoms with Crippen LogP contribution in [0.1, 0.15) is 26.7 Å². The van der Waals surface area contributed by atoms with E-state index in [1.165, 1.54) is 0 Å². The highest BCUT2D eigenvalue weighted by molar-refractivity contribution is 5.78. The average molecular weight is 294 g/mol. The number of ether oxygens (including phenoxy) is 1. The van der Waals surface area contributed by atoms with E-state index in [1.54, 1.807) is 6.92 Å². The van der Waals surface area contributed by atoms with Gasteiger partial charge in [0.1, 0.15) is 11.3 Å². The van der Waals surface area contributed by atoms with Crippen molar-refractivity contribution in [2.24, 2.45) is 0 Å². The van der Waals surface area contributed by atoms with Crippen LogP contribution in [0.3, 0.4) is 0 Å². The van der Waals surface area contributed by atoms with Crippen molar-refractivity contribution in [3.05, 3.63) is 24.3 Å². The van der Waals surface area contributed by atoms with Gasteiger partial charge >= 0.3 is 5.97 Å². The van der Waals surface area contributed by atoms with Crippen LogP contribution in [0.4, 0.5) is 5.69 Å². The molecule has 5 heteroatoms. The van der Waals surface area contributed by atoms with Gasteiger partial charge in [0, 0.05) is 32.3 Å². The summed E-state index contributed by atoms with van der Waals surface area (Å²) in [7, 11) is 3.94. The molecule has 0 heterocycles. The Morgan fingerprint density at radius 2 is 2.14 bits per heavy atom. The predicted molar refractivity (Wildman–Crippen MR) is 85.2 cm³/mol. The molecule has 5 nitrogen and oxygen atoms in total. The van der Waals surface area contributed by atoms with Gasteiger partial charge in [0.25, 0.3) is 0 Å². The van der Waals surface area contributed by atoms with E-state index in [1.807, 2.05) is 50.2 Å². The summed E-state index contributed by atoms with van der Waals surface area (Å²) in [5.41, 5.74) is 0.104. The van der Waals surface area contributed by atoms with Crippen molar-refractivity contribution in [3.8, 4) is 5.75 Å². The summed E-state index contributed by atoms with van der Waals surface area (Å²) in [6, 6.07) is 7.75. The molecule has 1 aromatic rings. The Morgan fingerprint density at radius 1 is 1.43 bits per heavy atom. The lowest BCUT2D eigenvalue weighted by Crippen LogP contribution is -2.50. The first-order valence-electron chi connectivity index (χ1n) is 7.27. The largest absolute Gasteiger partial charge is 0.493 e. The highest BCUT2D eigenvalue weighted by Gasteiger charge is 2.31. The number of nitrogens with one attached hydrogen (secondary N) is 1. The summed E-state index contributed by atoms with van der Waals surface area (Å²) in [6.45, 7) is 4.75. The molecule has 118 valence electrons. The van der Waals surface area contributed by atoms with Gasteiger partial charge in [-0.3, -0.25) is 4.79 Å². The second kappa shape index (κ2) is 7.88. The highest BCUT2D eigenvalue weighted by atomic mass is 16.5. The van der Waals surface area contributed by atoms with E-state index in [9.17, 15) is 9.90 Å². The Kier molecular flexibility index (Phi) is 6.49. The van der Waals surface area contributed by atoms with Crippen LogP contribution in [-0.2, 0) is 4.79 Å². The van der Waals surface area contributed by atoms with Gasteiger partial charge in [-0.2, -0.15) is 0 Å². The fraction of sp³-hybridized carbons (Fsp3) is 0.562. The first-order valence-corrected chi connectivity index (χ1v) is 7.27. The molecule has 0 bridgehead atoms. The summed E-state index contributed by atoms with van der Waals surface area (Å²) in [5, 5.41) is 12.4. The zero-order chi connectivity index (χ0) is 15.9. The van der Waals surface area contributed by atoms with Crippen molar-refractivity contribution in [1.82, 2.24) is 5.32 Å². The molecule has 21 heavy (non-hydrogen) atoms. The van der Waals surface area contributed by atoms with E-state index < -0.39 is 11.5 Å². The number of carboxylic acids is 1. The fourth-order valence-electron chi connectivity index (χ4n) is 1.90. The number of rotatable bonds is 9. The molecule has 0 aliphatic carbocycles. The number of aliphatic carboxylic acids is 1. The number of anilines is 1. The van der Waals surface area contributed by atoms with Gasteiger partial charge in [0.15, 0.2) is 0 Å². The van der Waals surface area contributed by atoms with Crippen LogP contribution in [0.25, 0.3) is 0 Å². The van der Waals surface area contributed by atoms with Crippen LogP contribution >= 0.6 is 0 Å². The van der Waals surface area contributed by atoms with E-state index in [0.29, 0.717) is 19.6 Å². The number of nitrogens with zero attached hydrogens (tertiary/aromatic N) is 1. The average Bonchev–Trinajstić information content (AvgIpc) is 2.45. The smallest absolute Gasteiger partial charge is 0.323 e. The number of carboxylic acid groups (broad SMARTS) is 1. The van der Waals surface area contributed by atoms with Gasteiger partial charge in [-0.25, -0.2) is 0 Å². The second-order valence-electron chi connectivity index (χ2n) is 5.55. The molecule has 0 radical (unpaired) electrons. The van der Waals surface area contributed by atoms with Gasteiger partial charge < -0.3 is 20.1 Å². The predicted octanol–water partition coefficient (Wildman–Crippen LogP) is 2.36. The van der Waals surface area contributed by atoms with E-state index in [2.05, 4.69) is 5.32 Å². The normalized spacial score (nSPS) is 13.5. The third-order valence-electron chi connectivity index (χ3n) is 3.44. The van der Waals surface area contributed by atoms with Crippen LogP contribution in [0.15, 0.2) is 24.3 Å². The maximum absolute atomic E-state index is 11.4. The number of benzene rings is 1. The fourth-order valence-corrected chi connectivity index (χ4v) is 1.90. The van der Waals surface area contributed by atoms with E-state index in [4.69, 9.17) is 4.74 Å². The van der Waals surface area contributed by atoms with E-state index in [0.717, 1.165) is 17.9 Å². The first kappa shape index (κ1) is 17.3. The maximum atomic E-state index is 11.4. The summed E-state index contributed by atoms with van der Waals surface area (Å²) in [5.74, 6) is -0.0916. The molecule has 0 amide bonds. The van der Waals surface area contributed by atoms with Crippen molar-refractivity contribution in [3.63, 3.8) is 0 Å². The minimum Gasteiger partial charge on any atom is -0.493 e. The molecule has 1 rings (SSSR count). The summed E-state index contributed by atoms with van der Waals surface area (Å²) in [4.78, 5) is 13.4. The molecule has 0 aliphatic heterocycles. The molecule has 1 atom stereocenters. The van der Waals surface area contributed by atoms with Crippen molar-refractivity contribution in [2.75, 3.05) is 32.1 Å². The lowest BCUT2D eigenvalue weighted by molar-refractivity contribution is -0.144. The van der Waals surface area contributed by atoms with Crippen molar-refractivity contribution < 1.29 is 14.6 Å². The van der Waals surface area contributed by atoms with Crippen LogP contribution < -0.4 is 15.0 Å². The molecule has 2 N–H and O–H groups in total. The standard InChI is InChI=1S/C16H26N2O3/c1-5-10-17-16(2,15(19)20)9-11-21-14-8-6-7-13(12-14)18(3)4/h6-8,12,17H,5,9-11H2,1-4H3,(H,19,20). The minimum atomic E-state index is -0.949. The Bertz CT molecular complexity index is 463. The number of carbonyl (C=O) groups is 1. The molecule has 0 fully saturated rings. The van der Waals surface area contributed by atoms with Gasteiger partial charge in [-0.15, -0.1) is 0 Å². The van der Waals surface area contributed by atoms with Crippen molar-refractivity contribution in [2.45, 2.75) is 32.2 Å². The van der Waals surface area contributed by atoms with Crippen LogP contribution in [0, 0.1) is 0 Å². The van der Waals surface area contributed by atoms with E-state index in [-0.39, 0.29) is 0 Å². The number of hydrogen-bond donors (Lipinski definition) is 2. The second-order valence-corrected chi connectivity index (χ2v) is 5.55.